The number of hydrogen-bond donors (Lipinski definition) is 2. The third-order valence-corrected chi connectivity index (χ3v) is 1.94. The highest BCUT2D eigenvalue weighted by Crippen LogP contribution is 1.95. The van der Waals surface area contributed by atoms with Gasteiger partial charge in [-0.1, -0.05) is 6.42 Å². The van der Waals surface area contributed by atoms with Gasteiger partial charge in [-0.05, 0) is 12.8 Å². The third kappa shape index (κ3) is 7.87. The van der Waals surface area contributed by atoms with Crippen LogP contribution >= 0.6 is 0 Å². The number of nitrogens with two attached hydrogens (primary N) is 1. The first-order chi connectivity index (χ1) is 4.56. The Labute approximate surface area is 61.1 Å². The van der Waals surface area contributed by atoms with Crippen LogP contribution in [-0.2, 0) is 10.0 Å². The predicted octanol–water partition coefficient (Wildman–Crippen LogP) is -0.562. The first kappa shape index (κ1) is 9.87. The Balaban J connectivity index is 3.21. The van der Waals surface area contributed by atoms with Gasteiger partial charge in [0.25, 0.3) is 0 Å². The maximum Gasteiger partial charge on any atom is 0.209 e. The Hall–Kier alpha value is -0.130. The maximum absolute atomic E-state index is 10.3. The molecule has 0 aliphatic heterocycles. The average Bonchev–Trinajstić information content (AvgIpc) is 1.78. The summed E-state index contributed by atoms with van der Waals surface area (Å²) in [5.74, 6) is 0.0208. The molecule has 4 nitrogen and oxygen atoms in total. The molecule has 0 rings (SSSR count). The van der Waals surface area contributed by atoms with Crippen molar-refractivity contribution in [3.05, 3.63) is 0 Å². The molecule has 0 aliphatic rings. The molecule has 62 valence electrons. The van der Waals surface area contributed by atoms with Gasteiger partial charge in [0.15, 0.2) is 0 Å². The average molecular weight is 167 g/mol. The minimum atomic E-state index is -3.29. The van der Waals surface area contributed by atoms with E-state index in [1.165, 1.54) is 0 Å². The molecule has 0 atom stereocenters. The molecular weight excluding hydrogens is 154 g/mol. The van der Waals surface area contributed by atoms with Crippen LogP contribution in [0.3, 0.4) is 0 Å². The highest BCUT2D eigenvalue weighted by molar-refractivity contribution is 7.89. The fraction of sp³-hybridized carbons (Fsp3) is 1.00. The van der Waals surface area contributed by atoms with Gasteiger partial charge in [-0.25, -0.2) is 13.6 Å². The van der Waals surface area contributed by atoms with Crippen LogP contribution in [0.2, 0.25) is 0 Å². The van der Waals surface area contributed by atoms with Crippen LogP contribution in [0.25, 0.3) is 0 Å². The van der Waals surface area contributed by atoms with Crippen molar-refractivity contribution in [2.24, 2.45) is 5.14 Å². The largest absolute Gasteiger partial charge is 0.396 e. The molecule has 0 saturated carbocycles. The molecule has 0 aromatic heterocycles. The first-order valence-corrected chi connectivity index (χ1v) is 4.89. The number of aliphatic hydroxyl groups is 1. The first-order valence-electron chi connectivity index (χ1n) is 3.17. The van der Waals surface area contributed by atoms with E-state index in [0.717, 1.165) is 0 Å². The maximum atomic E-state index is 10.3. The van der Waals surface area contributed by atoms with Crippen LogP contribution in [0.5, 0.6) is 0 Å². The highest BCUT2D eigenvalue weighted by atomic mass is 32.2. The van der Waals surface area contributed by atoms with Gasteiger partial charge in [0.2, 0.25) is 10.0 Å². The van der Waals surface area contributed by atoms with Gasteiger partial charge in [0, 0.05) is 6.61 Å². The fourth-order valence-electron chi connectivity index (χ4n) is 0.592. The van der Waals surface area contributed by atoms with Crippen molar-refractivity contribution in [1.82, 2.24) is 0 Å². The summed E-state index contributed by atoms with van der Waals surface area (Å²) in [4.78, 5) is 0. The normalized spacial score (nSPS) is 11.8. The Morgan fingerprint density at radius 1 is 1.20 bits per heavy atom. The van der Waals surface area contributed by atoms with Gasteiger partial charge < -0.3 is 5.11 Å². The molecule has 0 saturated heterocycles. The summed E-state index contributed by atoms with van der Waals surface area (Å²) in [5, 5.41) is 13.0. The summed E-state index contributed by atoms with van der Waals surface area (Å²) < 4.78 is 20.6. The minimum absolute atomic E-state index is 0.0208. The van der Waals surface area contributed by atoms with Crippen LogP contribution < -0.4 is 5.14 Å². The van der Waals surface area contributed by atoms with E-state index in [-0.39, 0.29) is 12.4 Å². The van der Waals surface area contributed by atoms with E-state index in [0.29, 0.717) is 19.3 Å². The molecule has 0 heterocycles. The van der Waals surface area contributed by atoms with Crippen molar-refractivity contribution in [3.8, 4) is 0 Å². The number of hydrogen-bond acceptors (Lipinski definition) is 3. The third-order valence-electron chi connectivity index (χ3n) is 1.09. The lowest BCUT2D eigenvalue weighted by atomic mass is 10.3. The summed E-state index contributed by atoms with van der Waals surface area (Å²) in [6, 6.07) is 0. The Morgan fingerprint density at radius 3 is 2.20 bits per heavy atom. The SMILES string of the molecule is NS(=O)(=O)CCCCCO. The summed E-state index contributed by atoms with van der Waals surface area (Å²) >= 11 is 0. The molecule has 0 spiro atoms. The van der Waals surface area contributed by atoms with Crippen molar-refractivity contribution < 1.29 is 13.5 Å². The molecule has 0 amide bonds. The molecule has 10 heavy (non-hydrogen) atoms. The molecule has 0 aromatic carbocycles. The van der Waals surface area contributed by atoms with E-state index in [9.17, 15) is 8.42 Å². The second-order valence-electron chi connectivity index (χ2n) is 2.15. The lowest BCUT2D eigenvalue weighted by Gasteiger charge is -1.95. The monoisotopic (exact) mass is 167 g/mol. The van der Waals surface area contributed by atoms with Gasteiger partial charge in [-0.15, -0.1) is 0 Å². The van der Waals surface area contributed by atoms with Crippen LogP contribution in [0.1, 0.15) is 19.3 Å². The number of aliphatic hydroxyl groups excluding tert-OH is 1. The predicted molar refractivity (Wildman–Crippen MR) is 38.9 cm³/mol. The second kappa shape index (κ2) is 4.65. The van der Waals surface area contributed by atoms with Crippen LogP contribution in [0.15, 0.2) is 0 Å². The van der Waals surface area contributed by atoms with Crippen molar-refractivity contribution in [2.45, 2.75) is 19.3 Å². The van der Waals surface area contributed by atoms with Crippen LogP contribution in [0, 0.1) is 0 Å². The van der Waals surface area contributed by atoms with Crippen LogP contribution in [-0.4, -0.2) is 25.9 Å². The van der Waals surface area contributed by atoms with Gasteiger partial charge in [-0.2, -0.15) is 0 Å². The highest BCUT2D eigenvalue weighted by Gasteiger charge is 2.00. The minimum Gasteiger partial charge on any atom is -0.396 e. The number of unbranched alkanes of at least 4 members (excludes halogenated alkanes) is 2. The van der Waals surface area contributed by atoms with Crippen molar-refractivity contribution >= 4 is 10.0 Å². The van der Waals surface area contributed by atoms with Crippen molar-refractivity contribution in [1.29, 1.82) is 0 Å². The quantitative estimate of drug-likeness (QED) is 0.538. The molecule has 0 aromatic rings. The lowest BCUT2D eigenvalue weighted by molar-refractivity contribution is 0.284. The van der Waals surface area contributed by atoms with Gasteiger partial charge in [-0.3, -0.25) is 0 Å². The molecule has 3 N–H and O–H groups in total. The van der Waals surface area contributed by atoms with Crippen LogP contribution in [0.4, 0.5) is 0 Å². The molecule has 0 aliphatic carbocycles. The fourth-order valence-corrected chi connectivity index (χ4v) is 1.20. The van der Waals surface area contributed by atoms with E-state index in [4.69, 9.17) is 10.2 Å². The molecule has 5 heteroatoms. The smallest absolute Gasteiger partial charge is 0.209 e. The van der Waals surface area contributed by atoms with Gasteiger partial charge in [0.05, 0.1) is 5.75 Å². The summed E-state index contributed by atoms with van der Waals surface area (Å²) in [7, 11) is -3.29. The van der Waals surface area contributed by atoms with Crippen molar-refractivity contribution in [2.75, 3.05) is 12.4 Å². The summed E-state index contributed by atoms with van der Waals surface area (Å²) in [6.45, 7) is 0.116. The summed E-state index contributed by atoms with van der Waals surface area (Å²) in [5.41, 5.74) is 0. The van der Waals surface area contributed by atoms with E-state index >= 15 is 0 Å². The lowest BCUT2D eigenvalue weighted by Crippen LogP contribution is -2.16. The van der Waals surface area contributed by atoms with E-state index in [1.807, 2.05) is 0 Å². The zero-order valence-corrected chi connectivity index (χ0v) is 6.60. The molecule has 0 bridgehead atoms. The van der Waals surface area contributed by atoms with E-state index < -0.39 is 10.0 Å². The standard InChI is InChI=1S/C5H13NO3S/c6-10(8,9)5-3-1-2-4-7/h7H,1-5H2,(H2,6,8,9). The Bertz CT molecular complexity index is 164. The number of primary sulfonamides is 1. The molecular formula is C5H13NO3S. The topological polar surface area (TPSA) is 80.4 Å². The van der Waals surface area contributed by atoms with Crippen molar-refractivity contribution in [3.63, 3.8) is 0 Å². The number of rotatable bonds is 5. The Morgan fingerprint density at radius 2 is 1.80 bits per heavy atom. The zero-order valence-electron chi connectivity index (χ0n) is 5.78. The van der Waals surface area contributed by atoms with E-state index in [2.05, 4.69) is 0 Å². The zero-order chi connectivity index (χ0) is 8.04. The van der Waals surface area contributed by atoms with E-state index in [1.54, 1.807) is 0 Å². The van der Waals surface area contributed by atoms with Gasteiger partial charge >= 0.3 is 0 Å². The summed E-state index contributed by atoms with van der Waals surface area (Å²) in [6.07, 6.45) is 1.90. The second-order valence-corrected chi connectivity index (χ2v) is 3.89. The molecule has 0 fully saturated rings. The molecule has 0 unspecified atom stereocenters. The number of sulfonamides is 1. The molecule has 0 radical (unpaired) electrons. The van der Waals surface area contributed by atoms with Gasteiger partial charge in [0.1, 0.15) is 0 Å². The Kier molecular flexibility index (Phi) is 4.59.